The molecule has 0 aromatic rings. The smallest absolute Gasteiger partial charge is 0.410 e. The molecule has 6 heteroatoms. The fraction of sp³-hybridized carbons (Fsp3) is 0.929. The Kier molecular flexibility index (Phi) is 5.53. The molecule has 0 spiro atoms. The summed E-state index contributed by atoms with van der Waals surface area (Å²) in [5.74, 6) is 0. The van der Waals surface area contributed by atoms with Crippen LogP contribution in [-0.4, -0.2) is 48.0 Å². The van der Waals surface area contributed by atoms with Gasteiger partial charge in [0.05, 0.1) is 18.3 Å². The average Bonchev–Trinajstić information content (AvgIpc) is 2.31. The van der Waals surface area contributed by atoms with Gasteiger partial charge in [-0.15, -0.1) is 0 Å². The fourth-order valence-electron chi connectivity index (χ4n) is 2.47. The lowest BCUT2D eigenvalue weighted by Gasteiger charge is -2.39. The zero-order valence-corrected chi connectivity index (χ0v) is 14.6. The van der Waals surface area contributed by atoms with Crippen LogP contribution >= 0.6 is 23.0 Å². The van der Waals surface area contributed by atoms with Crippen molar-refractivity contribution >= 4 is 29.1 Å². The molecule has 0 aromatic heterocycles. The number of nitrogens with zero attached hydrogens (tertiary/aromatic N) is 1. The van der Waals surface area contributed by atoms with E-state index in [1.54, 1.807) is 4.90 Å². The lowest BCUT2D eigenvalue weighted by atomic mass is 9.92. The molecule has 0 bridgehead atoms. The van der Waals surface area contributed by atoms with Crippen molar-refractivity contribution in [3.63, 3.8) is 0 Å². The Morgan fingerprint density at radius 3 is 2.20 bits per heavy atom. The first kappa shape index (κ1) is 16.3. The summed E-state index contributed by atoms with van der Waals surface area (Å²) in [5.41, 5.74) is -0.426. The molecular weight excluding hydrogens is 373 g/mol. The van der Waals surface area contributed by atoms with Gasteiger partial charge in [-0.05, 0) is 33.6 Å². The number of carbonyl (C=O) groups is 1. The number of piperidine rings is 1. The molecule has 1 aliphatic heterocycles. The second-order valence-electron chi connectivity index (χ2n) is 6.61. The first-order chi connectivity index (χ1) is 9.37. The Morgan fingerprint density at radius 2 is 1.70 bits per heavy atom. The highest BCUT2D eigenvalue weighted by Gasteiger charge is 2.34. The second kappa shape index (κ2) is 6.79. The van der Waals surface area contributed by atoms with E-state index in [9.17, 15) is 4.79 Å². The zero-order valence-electron chi connectivity index (χ0n) is 12.4. The minimum absolute atomic E-state index is 0.210. The maximum absolute atomic E-state index is 11.9. The summed E-state index contributed by atoms with van der Waals surface area (Å²) >= 11 is 1.95. The minimum Gasteiger partial charge on any atom is -0.444 e. The number of halogens is 1. The maximum Gasteiger partial charge on any atom is 0.410 e. The second-order valence-corrected chi connectivity index (χ2v) is 7.12. The van der Waals surface area contributed by atoms with Crippen molar-refractivity contribution in [2.75, 3.05) is 13.1 Å². The molecule has 1 amide bonds. The molecule has 1 heterocycles. The number of rotatable bonds is 3. The molecule has 1 saturated heterocycles. The van der Waals surface area contributed by atoms with Crippen LogP contribution in [0.1, 0.15) is 46.5 Å². The molecule has 116 valence electrons. The normalized spacial score (nSPS) is 28.1. The first-order valence-corrected chi connectivity index (χ1v) is 8.16. The predicted octanol–water partition coefficient (Wildman–Crippen LogP) is 3.30. The summed E-state index contributed by atoms with van der Waals surface area (Å²) in [4.78, 5) is 13.7. The van der Waals surface area contributed by atoms with Crippen LogP contribution in [-0.2, 0) is 12.5 Å². The molecule has 0 unspecified atom stereocenters. The molecule has 20 heavy (non-hydrogen) atoms. The van der Waals surface area contributed by atoms with Crippen molar-refractivity contribution in [2.45, 2.75) is 70.4 Å². The summed E-state index contributed by atoms with van der Waals surface area (Å²) in [6.07, 6.45) is 4.55. The van der Waals surface area contributed by atoms with E-state index >= 15 is 0 Å². The summed E-state index contributed by atoms with van der Waals surface area (Å²) in [6, 6.07) is 0. The van der Waals surface area contributed by atoms with Gasteiger partial charge in [0.2, 0.25) is 0 Å². The molecule has 0 atom stereocenters. The Hall–Kier alpha value is -0.0800. The standard InChI is InChI=1S/C14H24INO4/c1-14(2,3)19-13(17)16-6-4-10(5-7-16)18-11-8-12(9-11)20-15/h10-12H,4-9H2,1-3H3. The summed E-state index contributed by atoms with van der Waals surface area (Å²) in [7, 11) is 0. The summed E-state index contributed by atoms with van der Waals surface area (Å²) in [6.45, 7) is 7.12. The number of hydrogen-bond acceptors (Lipinski definition) is 4. The van der Waals surface area contributed by atoms with Gasteiger partial charge in [0.15, 0.2) is 0 Å². The monoisotopic (exact) mass is 397 g/mol. The van der Waals surface area contributed by atoms with Crippen LogP contribution in [0.15, 0.2) is 0 Å². The molecule has 2 aliphatic rings. The Balaban J connectivity index is 1.66. The van der Waals surface area contributed by atoms with Crippen molar-refractivity contribution in [1.29, 1.82) is 0 Å². The Bertz CT molecular complexity index is 331. The molecule has 2 fully saturated rings. The van der Waals surface area contributed by atoms with Crippen LogP contribution in [0.3, 0.4) is 0 Å². The van der Waals surface area contributed by atoms with E-state index < -0.39 is 5.60 Å². The molecule has 0 aromatic carbocycles. The highest BCUT2D eigenvalue weighted by Crippen LogP contribution is 2.30. The topological polar surface area (TPSA) is 48.0 Å². The van der Waals surface area contributed by atoms with Crippen molar-refractivity contribution < 1.29 is 17.3 Å². The lowest BCUT2D eigenvalue weighted by molar-refractivity contribution is -0.103. The Morgan fingerprint density at radius 1 is 1.10 bits per heavy atom. The average molecular weight is 397 g/mol. The quantitative estimate of drug-likeness (QED) is 0.686. The summed E-state index contributed by atoms with van der Waals surface area (Å²) < 4.78 is 16.6. The predicted molar refractivity (Wildman–Crippen MR) is 83.8 cm³/mol. The van der Waals surface area contributed by atoms with Gasteiger partial charge in [-0.2, -0.15) is 0 Å². The highest BCUT2D eigenvalue weighted by atomic mass is 127. The number of carbonyl (C=O) groups excluding carboxylic acids is 1. The van der Waals surface area contributed by atoms with Gasteiger partial charge < -0.3 is 17.4 Å². The van der Waals surface area contributed by atoms with E-state index in [1.165, 1.54) is 0 Å². The van der Waals surface area contributed by atoms with Crippen LogP contribution in [0, 0.1) is 0 Å². The van der Waals surface area contributed by atoms with E-state index in [4.69, 9.17) is 12.5 Å². The third kappa shape index (κ3) is 4.73. The molecule has 0 radical (unpaired) electrons. The van der Waals surface area contributed by atoms with E-state index in [2.05, 4.69) is 0 Å². The van der Waals surface area contributed by atoms with Crippen molar-refractivity contribution in [3.05, 3.63) is 0 Å². The zero-order chi connectivity index (χ0) is 14.8. The molecular formula is C14H24INO4. The highest BCUT2D eigenvalue weighted by molar-refractivity contribution is 14.1. The Labute approximate surface area is 135 Å². The van der Waals surface area contributed by atoms with Gasteiger partial charge >= 0.3 is 6.09 Å². The largest absolute Gasteiger partial charge is 0.444 e. The molecule has 5 nitrogen and oxygen atoms in total. The SMILES string of the molecule is CC(C)(C)OC(=O)N1CCC(OC2CC(OI)C2)CC1. The van der Waals surface area contributed by atoms with Gasteiger partial charge in [-0.3, -0.25) is 0 Å². The van der Waals surface area contributed by atoms with Gasteiger partial charge in [-0.1, -0.05) is 0 Å². The van der Waals surface area contributed by atoms with Crippen LogP contribution in [0.4, 0.5) is 4.79 Å². The fourth-order valence-corrected chi connectivity index (χ4v) is 2.89. The van der Waals surface area contributed by atoms with Gasteiger partial charge in [0.1, 0.15) is 28.6 Å². The van der Waals surface area contributed by atoms with Crippen LogP contribution in [0.2, 0.25) is 0 Å². The van der Waals surface area contributed by atoms with Crippen LogP contribution in [0.25, 0.3) is 0 Å². The van der Waals surface area contributed by atoms with Crippen molar-refractivity contribution in [2.24, 2.45) is 0 Å². The number of likely N-dealkylation sites (tertiary alicyclic amines) is 1. The minimum atomic E-state index is -0.426. The molecule has 1 saturated carbocycles. The van der Waals surface area contributed by atoms with E-state index in [0.29, 0.717) is 12.2 Å². The molecule has 0 N–H and O–H groups in total. The molecule has 2 rings (SSSR count). The third-order valence-corrected chi connectivity index (χ3v) is 4.38. The van der Waals surface area contributed by atoms with Crippen LogP contribution in [0.5, 0.6) is 0 Å². The van der Waals surface area contributed by atoms with Gasteiger partial charge in [-0.25, -0.2) is 4.79 Å². The van der Waals surface area contributed by atoms with E-state index in [-0.39, 0.29) is 12.2 Å². The summed E-state index contributed by atoms with van der Waals surface area (Å²) in [5, 5.41) is 0. The van der Waals surface area contributed by atoms with Gasteiger partial charge in [0.25, 0.3) is 0 Å². The van der Waals surface area contributed by atoms with Crippen molar-refractivity contribution in [3.8, 4) is 0 Å². The molecule has 1 aliphatic carbocycles. The van der Waals surface area contributed by atoms with E-state index in [0.717, 1.165) is 38.8 Å². The number of ether oxygens (including phenoxy) is 2. The van der Waals surface area contributed by atoms with Crippen LogP contribution < -0.4 is 0 Å². The van der Waals surface area contributed by atoms with Gasteiger partial charge in [0, 0.05) is 25.9 Å². The van der Waals surface area contributed by atoms with E-state index in [1.807, 2.05) is 43.8 Å². The third-order valence-electron chi connectivity index (χ3n) is 3.66. The lowest BCUT2D eigenvalue weighted by Crippen LogP contribution is -2.46. The first-order valence-electron chi connectivity index (χ1n) is 7.28. The number of hydrogen-bond donors (Lipinski definition) is 0. The maximum atomic E-state index is 11.9. The number of amides is 1. The van der Waals surface area contributed by atoms with Crippen molar-refractivity contribution in [1.82, 2.24) is 4.90 Å².